The van der Waals surface area contributed by atoms with Crippen LogP contribution in [0.3, 0.4) is 0 Å². The van der Waals surface area contributed by atoms with Crippen LogP contribution in [-0.4, -0.2) is 57.8 Å². The van der Waals surface area contributed by atoms with Gasteiger partial charge >= 0.3 is 0 Å². The van der Waals surface area contributed by atoms with Crippen LogP contribution in [0, 0.1) is 0 Å². The number of aromatic nitrogens is 1. The van der Waals surface area contributed by atoms with Crippen LogP contribution in [0.25, 0.3) is 22.6 Å². The van der Waals surface area contributed by atoms with Crippen LogP contribution < -0.4 is 4.74 Å². The van der Waals surface area contributed by atoms with Gasteiger partial charge in [-0.05, 0) is 67.1 Å². The third kappa shape index (κ3) is 5.51. The Bertz CT molecular complexity index is 1400. The summed E-state index contributed by atoms with van der Waals surface area (Å²) < 4.78 is 43.1. The average molecular weight is 513 g/mol. The number of oxazole rings is 1. The van der Waals surface area contributed by atoms with Gasteiger partial charge in [-0.3, -0.25) is 4.90 Å². The molecule has 0 aliphatic carbocycles. The Morgan fingerprint density at radius 2 is 1.66 bits per heavy atom. The van der Waals surface area contributed by atoms with Crippen molar-refractivity contribution < 1.29 is 22.3 Å². The Morgan fingerprint density at radius 3 is 2.40 bits per heavy atom. The van der Waals surface area contributed by atoms with E-state index in [4.69, 9.17) is 25.5 Å². The molecule has 35 heavy (non-hydrogen) atoms. The first kappa shape index (κ1) is 23.8. The van der Waals surface area contributed by atoms with E-state index in [1.165, 1.54) is 24.3 Å². The van der Waals surface area contributed by atoms with Crippen LogP contribution in [0.4, 0.5) is 0 Å². The van der Waals surface area contributed by atoms with Crippen LogP contribution in [-0.2, 0) is 14.6 Å². The molecule has 182 valence electrons. The molecule has 1 aliphatic heterocycles. The number of sulfone groups is 1. The smallest absolute Gasteiger partial charge is 0.227 e. The van der Waals surface area contributed by atoms with Gasteiger partial charge in [-0.1, -0.05) is 11.6 Å². The van der Waals surface area contributed by atoms with Gasteiger partial charge in [0, 0.05) is 36.3 Å². The van der Waals surface area contributed by atoms with Crippen molar-refractivity contribution in [3.8, 4) is 17.2 Å². The fourth-order valence-electron chi connectivity index (χ4n) is 3.94. The summed E-state index contributed by atoms with van der Waals surface area (Å²) in [6.45, 7) is 5.21. The van der Waals surface area contributed by atoms with Crippen LogP contribution in [0.1, 0.15) is 6.42 Å². The minimum absolute atomic E-state index is 0.135. The quantitative estimate of drug-likeness (QED) is 0.304. The number of morpholine rings is 1. The predicted molar refractivity (Wildman–Crippen MR) is 134 cm³/mol. The number of fused-ring (bicyclic) bond motifs is 1. The van der Waals surface area contributed by atoms with E-state index in [0.717, 1.165) is 50.6 Å². The normalized spacial score (nSPS) is 14.9. The molecule has 4 aromatic rings. The Morgan fingerprint density at radius 1 is 0.943 bits per heavy atom. The van der Waals surface area contributed by atoms with Crippen molar-refractivity contribution in [2.24, 2.45) is 0 Å². The largest absolute Gasteiger partial charge is 0.494 e. The zero-order valence-corrected chi connectivity index (χ0v) is 20.6. The van der Waals surface area contributed by atoms with E-state index in [2.05, 4.69) is 9.88 Å². The van der Waals surface area contributed by atoms with Gasteiger partial charge in [0.05, 0.1) is 29.6 Å². The number of rotatable bonds is 8. The lowest BCUT2D eigenvalue weighted by Crippen LogP contribution is -2.37. The molecule has 0 radical (unpaired) electrons. The van der Waals surface area contributed by atoms with Crippen molar-refractivity contribution in [2.75, 3.05) is 39.5 Å². The minimum Gasteiger partial charge on any atom is -0.494 e. The van der Waals surface area contributed by atoms with Gasteiger partial charge in [-0.15, -0.1) is 0 Å². The highest BCUT2D eigenvalue weighted by molar-refractivity contribution is 7.91. The third-order valence-electron chi connectivity index (χ3n) is 5.89. The highest BCUT2D eigenvalue weighted by Crippen LogP contribution is 2.29. The van der Waals surface area contributed by atoms with E-state index in [-0.39, 0.29) is 9.79 Å². The molecule has 9 heteroatoms. The molecular weight excluding hydrogens is 488 g/mol. The highest BCUT2D eigenvalue weighted by Gasteiger charge is 2.20. The summed E-state index contributed by atoms with van der Waals surface area (Å²) in [4.78, 5) is 7.20. The number of hydrogen-bond donors (Lipinski definition) is 0. The summed E-state index contributed by atoms with van der Waals surface area (Å²) in [5, 5.41) is 0.476. The molecule has 1 aromatic heterocycles. The summed E-state index contributed by atoms with van der Waals surface area (Å²) in [5.74, 6) is 1.20. The van der Waals surface area contributed by atoms with E-state index < -0.39 is 9.84 Å². The van der Waals surface area contributed by atoms with Crippen LogP contribution in [0.15, 0.2) is 80.9 Å². The summed E-state index contributed by atoms with van der Waals surface area (Å²) in [6, 6.07) is 18.3. The van der Waals surface area contributed by atoms with Crippen molar-refractivity contribution in [1.82, 2.24) is 9.88 Å². The fourth-order valence-corrected chi connectivity index (χ4v) is 5.34. The lowest BCUT2D eigenvalue weighted by Gasteiger charge is -2.26. The highest BCUT2D eigenvalue weighted by atomic mass is 35.5. The second-order valence-corrected chi connectivity index (χ2v) is 10.7. The molecule has 0 N–H and O–H groups in total. The van der Waals surface area contributed by atoms with E-state index in [9.17, 15) is 8.42 Å². The number of nitrogens with zero attached hydrogens (tertiary/aromatic N) is 2. The summed E-state index contributed by atoms with van der Waals surface area (Å²) in [5.41, 5.74) is 1.76. The Kier molecular flexibility index (Phi) is 7.06. The first-order valence-electron chi connectivity index (χ1n) is 11.4. The van der Waals surface area contributed by atoms with Gasteiger partial charge in [0.1, 0.15) is 11.3 Å². The van der Waals surface area contributed by atoms with Crippen molar-refractivity contribution in [3.63, 3.8) is 0 Å². The lowest BCUT2D eigenvalue weighted by molar-refractivity contribution is 0.0358. The molecule has 0 atom stereocenters. The first-order chi connectivity index (χ1) is 17.0. The third-order valence-corrected chi connectivity index (χ3v) is 7.91. The van der Waals surface area contributed by atoms with Crippen molar-refractivity contribution >= 4 is 32.5 Å². The van der Waals surface area contributed by atoms with Crippen LogP contribution in [0.2, 0.25) is 5.02 Å². The maximum atomic E-state index is 13.0. The molecule has 1 fully saturated rings. The van der Waals surface area contributed by atoms with E-state index >= 15 is 0 Å². The summed E-state index contributed by atoms with van der Waals surface area (Å²) >= 11 is 5.89. The van der Waals surface area contributed by atoms with Gasteiger partial charge in [0.2, 0.25) is 15.7 Å². The van der Waals surface area contributed by atoms with Crippen LogP contribution >= 0.6 is 11.6 Å². The predicted octanol–water partition coefficient (Wildman–Crippen LogP) is 5.08. The molecule has 0 bridgehead atoms. The topological polar surface area (TPSA) is 81.9 Å². The molecule has 0 amide bonds. The van der Waals surface area contributed by atoms with Crippen molar-refractivity contribution in [2.45, 2.75) is 16.2 Å². The maximum Gasteiger partial charge on any atom is 0.227 e. The second-order valence-electron chi connectivity index (χ2n) is 8.29. The van der Waals surface area contributed by atoms with Crippen molar-refractivity contribution in [1.29, 1.82) is 0 Å². The maximum absolute atomic E-state index is 13.0. The molecule has 2 heterocycles. The van der Waals surface area contributed by atoms with Gasteiger partial charge in [-0.2, -0.15) is 0 Å². The molecule has 0 unspecified atom stereocenters. The Hall–Kier alpha value is -2.91. The van der Waals surface area contributed by atoms with Gasteiger partial charge in [0.15, 0.2) is 5.58 Å². The molecular formula is C26H25ClN2O5S. The molecule has 1 aliphatic rings. The SMILES string of the molecule is O=S(=O)(c1ccc(Cl)cc1)c1ccc2nc(-c3ccc(OCCCN4CCOCC4)cc3)oc2c1. The number of benzene rings is 3. The molecule has 0 saturated carbocycles. The lowest BCUT2D eigenvalue weighted by atomic mass is 10.2. The minimum atomic E-state index is -3.70. The molecule has 0 spiro atoms. The number of hydrogen-bond acceptors (Lipinski definition) is 7. The Labute approximate surface area is 209 Å². The zero-order valence-electron chi connectivity index (χ0n) is 19.0. The Balaban J connectivity index is 1.25. The van der Waals surface area contributed by atoms with E-state index in [1.54, 1.807) is 18.2 Å². The van der Waals surface area contributed by atoms with Gasteiger partial charge in [0.25, 0.3) is 0 Å². The van der Waals surface area contributed by atoms with Crippen molar-refractivity contribution in [3.05, 3.63) is 71.8 Å². The number of ether oxygens (including phenoxy) is 2. The van der Waals surface area contributed by atoms with E-state index in [0.29, 0.717) is 28.6 Å². The van der Waals surface area contributed by atoms with Gasteiger partial charge < -0.3 is 13.9 Å². The fraction of sp³-hybridized carbons (Fsp3) is 0.269. The average Bonchev–Trinajstić information content (AvgIpc) is 3.31. The molecule has 7 nitrogen and oxygen atoms in total. The standard InChI is InChI=1S/C26H25ClN2O5S/c27-20-4-8-22(9-5-20)35(30,31)23-10-11-24-25(18-23)34-26(28-24)19-2-6-21(7-3-19)33-15-1-12-29-13-16-32-17-14-29/h2-11,18H,1,12-17H2. The van der Waals surface area contributed by atoms with E-state index in [1.807, 2.05) is 24.3 Å². The summed E-state index contributed by atoms with van der Waals surface area (Å²) in [6.07, 6.45) is 0.953. The summed E-state index contributed by atoms with van der Waals surface area (Å²) in [7, 11) is -3.70. The van der Waals surface area contributed by atoms with Crippen LogP contribution in [0.5, 0.6) is 5.75 Å². The van der Waals surface area contributed by atoms with Gasteiger partial charge in [-0.25, -0.2) is 13.4 Å². The number of halogens is 1. The first-order valence-corrected chi connectivity index (χ1v) is 13.3. The molecule has 5 rings (SSSR count). The second kappa shape index (κ2) is 10.4. The molecule has 3 aromatic carbocycles. The zero-order chi connectivity index (χ0) is 24.3. The molecule has 1 saturated heterocycles. The monoisotopic (exact) mass is 512 g/mol.